The van der Waals surface area contributed by atoms with Crippen molar-refractivity contribution in [3.8, 4) is 0 Å². The van der Waals surface area contributed by atoms with Gasteiger partial charge >= 0.3 is 0 Å². The van der Waals surface area contributed by atoms with Crippen molar-refractivity contribution >= 4 is 0 Å². The topological polar surface area (TPSA) is 29.9 Å². The minimum absolute atomic E-state index is 0.493. The summed E-state index contributed by atoms with van der Waals surface area (Å²) in [4.78, 5) is 0. The van der Waals surface area contributed by atoms with E-state index in [1.807, 2.05) is 11.7 Å². The molecule has 0 aliphatic heterocycles. The second-order valence-corrected chi connectivity index (χ2v) is 5.86. The number of nitrogens with zero attached hydrogens (tertiary/aromatic N) is 2. The van der Waals surface area contributed by atoms with E-state index in [4.69, 9.17) is 0 Å². The van der Waals surface area contributed by atoms with Gasteiger partial charge in [0, 0.05) is 25.2 Å². The van der Waals surface area contributed by atoms with Crippen molar-refractivity contribution in [3.63, 3.8) is 0 Å². The number of aryl methyl sites for hydroxylation is 3. The summed E-state index contributed by atoms with van der Waals surface area (Å²) in [5.41, 5.74) is 5.22. The third kappa shape index (κ3) is 4.18. The number of rotatable bonds is 7. The van der Waals surface area contributed by atoms with Gasteiger partial charge in [0.15, 0.2) is 0 Å². The molecule has 0 saturated carbocycles. The average molecular weight is 285 g/mol. The Morgan fingerprint density at radius 3 is 2.62 bits per heavy atom. The van der Waals surface area contributed by atoms with Crippen LogP contribution in [0.3, 0.4) is 0 Å². The Balaban J connectivity index is 2.19. The molecule has 0 radical (unpaired) electrons. The van der Waals surface area contributed by atoms with Crippen LogP contribution < -0.4 is 5.32 Å². The molecule has 114 valence electrons. The Morgan fingerprint density at radius 1 is 1.24 bits per heavy atom. The van der Waals surface area contributed by atoms with E-state index in [1.54, 1.807) is 0 Å². The van der Waals surface area contributed by atoms with Crippen LogP contribution in [0.5, 0.6) is 0 Å². The van der Waals surface area contributed by atoms with Crippen molar-refractivity contribution in [3.05, 3.63) is 52.8 Å². The highest BCUT2D eigenvalue weighted by molar-refractivity contribution is 5.31. The van der Waals surface area contributed by atoms with Gasteiger partial charge in [0.1, 0.15) is 0 Å². The van der Waals surface area contributed by atoms with E-state index in [9.17, 15) is 0 Å². The lowest BCUT2D eigenvalue weighted by molar-refractivity contribution is 0.556. The predicted octanol–water partition coefficient (Wildman–Crippen LogP) is 3.36. The summed E-state index contributed by atoms with van der Waals surface area (Å²) in [6.45, 7) is 8.56. The molecule has 1 aromatic carbocycles. The molecule has 0 amide bonds. The van der Waals surface area contributed by atoms with Gasteiger partial charge in [-0.1, -0.05) is 31.2 Å². The maximum absolute atomic E-state index is 4.47. The minimum Gasteiger partial charge on any atom is -0.316 e. The van der Waals surface area contributed by atoms with E-state index in [1.165, 1.54) is 23.2 Å². The van der Waals surface area contributed by atoms with Crippen molar-refractivity contribution < 1.29 is 0 Å². The molecule has 3 heteroatoms. The van der Waals surface area contributed by atoms with Crippen LogP contribution in [-0.2, 0) is 13.5 Å². The fourth-order valence-electron chi connectivity index (χ4n) is 2.90. The zero-order valence-corrected chi connectivity index (χ0v) is 13.7. The SMILES string of the molecule is CCCNCC(Cc1cc(C)nn1C)c1ccccc1C. The molecule has 1 unspecified atom stereocenters. The van der Waals surface area contributed by atoms with Gasteiger partial charge in [0.25, 0.3) is 0 Å². The first-order valence-corrected chi connectivity index (χ1v) is 7.87. The molecule has 0 fully saturated rings. The highest BCUT2D eigenvalue weighted by atomic mass is 15.3. The van der Waals surface area contributed by atoms with Gasteiger partial charge in [0.2, 0.25) is 0 Å². The van der Waals surface area contributed by atoms with Crippen LogP contribution in [0.2, 0.25) is 0 Å². The molecule has 21 heavy (non-hydrogen) atoms. The summed E-state index contributed by atoms with van der Waals surface area (Å²) in [6, 6.07) is 10.9. The van der Waals surface area contributed by atoms with Crippen LogP contribution in [0.1, 0.15) is 41.8 Å². The van der Waals surface area contributed by atoms with E-state index in [0.717, 1.165) is 25.2 Å². The molecule has 1 aromatic heterocycles. The van der Waals surface area contributed by atoms with Crippen molar-refractivity contribution in [1.29, 1.82) is 0 Å². The quantitative estimate of drug-likeness (QED) is 0.791. The zero-order valence-electron chi connectivity index (χ0n) is 13.7. The Morgan fingerprint density at radius 2 is 2.00 bits per heavy atom. The zero-order chi connectivity index (χ0) is 15.2. The summed E-state index contributed by atoms with van der Waals surface area (Å²) in [6.07, 6.45) is 2.20. The van der Waals surface area contributed by atoms with E-state index >= 15 is 0 Å². The number of hydrogen-bond acceptors (Lipinski definition) is 2. The molecule has 2 rings (SSSR count). The molecule has 0 aliphatic rings. The van der Waals surface area contributed by atoms with Crippen LogP contribution in [0.4, 0.5) is 0 Å². The summed E-state index contributed by atoms with van der Waals surface area (Å²) in [7, 11) is 2.04. The molecular formula is C18H27N3. The Kier molecular flexibility index (Phi) is 5.57. The first kappa shape index (κ1) is 15.8. The molecule has 3 nitrogen and oxygen atoms in total. The monoisotopic (exact) mass is 285 g/mol. The van der Waals surface area contributed by atoms with Crippen molar-refractivity contribution in [2.45, 2.75) is 39.5 Å². The van der Waals surface area contributed by atoms with E-state index < -0.39 is 0 Å². The van der Waals surface area contributed by atoms with Gasteiger partial charge in [-0.05, 0) is 50.4 Å². The fraction of sp³-hybridized carbons (Fsp3) is 0.500. The third-order valence-corrected chi connectivity index (χ3v) is 4.00. The second kappa shape index (κ2) is 7.41. The fourth-order valence-corrected chi connectivity index (χ4v) is 2.90. The summed E-state index contributed by atoms with van der Waals surface area (Å²) < 4.78 is 2.01. The summed E-state index contributed by atoms with van der Waals surface area (Å²) >= 11 is 0. The van der Waals surface area contributed by atoms with Crippen molar-refractivity contribution in [2.75, 3.05) is 13.1 Å². The maximum atomic E-state index is 4.47. The summed E-state index contributed by atoms with van der Waals surface area (Å²) in [5.74, 6) is 0.493. The average Bonchev–Trinajstić information content (AvgIpc) is 2.77. The van der Waals surface area contributed by atoms with Crippen LogP contribution in [0.15, 0.2) is 30.3 Å². The first-order valence-electron chi connectivity index (χ1n) is 7.87. The normalized spacial score (nSPS) is 12.6. The number of nitrogens with one attached hydrogen (secondary N) is 1. The third-order valence-electron chi connectivity index (χ3n) is 4.00. The Hall–Kier alpha value is -1.61. The number of aromatic nitrogens is 2. The highest BCUT2D eigenvalue weighted by Crippen LogP contribution is 2.23. The van der Waals surface area contributed by atoms with Gasteiger partial charge in [-0.3, -0.25) is 4.68 Å². The lowest BCUT2D eigenvalue weighted by atomic mass is 9.90. The lowest BCUT2D eigenvalue weighted by Gasteiger charge is -2.20. The van der Waals surface area contributed by atoms with Crippen LogP contribution in [-0.4, -0.2) is 22.9 Å². The van der Waals surface area contributed by atoms with Gasteiger partial charge in [-0.15, -0.1) is 0 Å². The molecule has 1 atom stereocenters. The van der Waals surface area contributed by atoms with Gasteiger partial charge in [-0.25, -0.2) is 0 Å². The van der Waals surface area contributed by atoms with E-state index in [0.29, 0.717) is 5.92 Å². The van der Waals surface area contributed by atoms with Crippen LogP contribution >= 0.6 is 0 Å². The number of hydrogen-bond donors (Lipinski definition) is 1. The molecule has 0 aliphatic carbocycles. The van der Waals surface area contributed by atoms with Gasteiger partial charge in [-0.2, -0.15) is 5.10 Å². The molecular weight excluding hydrogens is 258 g/mol. The lowest BCUT2D eigenvalue weighted by Crippen LogP contribution is -2.24. The summed E-state index contributed by atoms with van der Waals surface area (Å²) in [5, 5.41) is 8.05. The largest absolute Gasteiger partial charge is 0.316 e. The Bertz CT molecular complexity index is 572. The molecule has 0 bridgehead atoms. The van der Waals surface area contributed by atoms with Gasteiger partial charge < -0.3 is 5.32 Å². The standard InChI is InChI=1S/C18H27N3/c1-5-10-19-13-16(18-9-7-6-8-14(18)2)12-17-11-15(3)20-21(17)4/h6-9,11,16,19H,5,10,12-13H2,1-4H3. The molecule has 0 spiro atoms. The first-order chi connectivity index (χ1) is 10.1. The highest BCUT2D eigenvalue weighted by Gasteiger charge is 2.16. The van der Waals surface area contributed by atoms with Gasteiger partial charge in [0.05, 0.1) is 5.69 Å². The number of benzene rings is 1. The molecule has 1 N–H and O–H groups in total. The molecule has 2 aromatic rings. The van der Waals surface area contributed by atoms with E-state index in [2.05, 4.69) is 61.5 Å². The maximum Gasteiger partial charge on any atom is 0.0596 e. The van der Waals surface area contributed by atoms with E-state index in [-0.39, 0.29) is 0 Å². The Labute approximate surface area is 128 Å². The minimum atomic E-state index is 0.493. The van der Waals surface area contributed by atoms with Crippen molar-refractivity contribution in [1.82, 2.24) is 15.1 Å². The predicted molar refractivity (Wildman–Crippen MR) is 88.7 cm³/mol. The van der Waals surface area contributed by atoms with Crippen LogP contribution in [0, 0.1) is 13.8 Å². The van der Waals surface area contributed by atoms with Crippen LogP contribution in [0.25, 0.3) is 0 Å². The molecule has 1 heterocycles. The second-order valence-electron chi connectivity index (χ2n) is 5.86. The van der Waals surface area contributed by atoms with Crippen molar-refractivity contribution in [2.24, 2.45) is 7.05 Å². The molecule has 0 saturated heterocycles. The smallest absolute Gasteiger partial charge is 0.0596 e.